The number of hydrogen-bond acceptors (Lipinski definition) is 5. The Morgan fingerprint density at radius 1 is 1.00 bits per heavy atom. The first-order valence-corrected chi connectivity index (χ1v) is 11.3. The molecule has 8 nitrogen and oxygen atoms in total. The van der Waals surface area contributed by atoms with Gasteiger partial charge in [-0.05, 0) is 34.1 Å². The second kappa shape index (κ2) is 10.7. The topological polar surface area (TPSA) is 114 Å². The van der Waals surface area contributed by atoms with Crippen molar-refractivity contribution in [3.05, 3.63) is 59.7 Å². The van der Waals surface area contributed by atoms with Crippen molar-refractivity contribution < 1.29 is 29.0 Å². The van der Waals surface area contributed by atoms with Crippen LogP contribution in [0.25, 0.3) is 11.1 Å². The Balaban J connectivity index is 1.55. The van der Waals surface area contributed by atoms with Crippen LogP contribution in [-0.2, 0) is 19.1 Å². The minimum Gasteiger partial charge on any atom is -0.480 e. The third kappa shape index (κ3) is 6.14. The summed E-state index contributed by atoms with van der Waals surface area (Å²) in [4.78, 5) is 36.4. The highest BCUT2D eigenvalue weighted by Crippen LogP contribution is 2.44. The molecule has 0 spiro atoms. The molecule has 8 heteroatoms. The van der Waals surface area contributed by atoms with Gasteiger partial charge in [0.1, 0.15) is 12.6 Å². The molecule has 182 valence electrons. The van der Waals surface area contributed by atoms with Gasteiger partial charge in [0.05, 0.1) is 6.54 Å². The SMILES string of the molecule is COC(CNC(=O)OCC1c2ccccc2-c2ccccc21)C(=O)NC(CC(C)(C)C)C(=O)O. The number of carbonyl (C=O) groups is 3. The Morgan fingerprint density at radius 3 is 2.06 bits per heavy atom. The predicted octanol–water partition coefficient (Wildman–Crippen LogP) is 3.55. The van der Waals surface area contributed by atoms with Crippen LogP contribution in [0.2, 0.25) is 0 Å². The van der Waals surface area contributed by atoms with Gasteiger partial charge in [0.25, 0.3) is 5.91 Å². The van der Waals surface area contributed by atoms with Gasteiger partial charge in [-0.2, -0.15) is 0 Å². The molecule has 3 rings (SSSR count). The van der Waals surface area contributed by atoms with E-state index in [0.29, 0.717) is 0 Å². The molecule has 2 unspecified atom stereocenters. The van der Waals surface area contributed by atoms with Crippen molar-refractivity contribution in [1.82, 2.24) is 10.6 Å². The van der Waals surface area contributed by atoms with Gasteiger partial charge in [0.2, 0.25) is 0 Å². The molecule has 2 aromatic rings. The molecule has 0 fully saturated rings. The van der Waals surface area contributed by atoms with E-state index in [9.17, 15) is 19.5 Å². The highest BCUT2D eigenvalue weighted by Gasteiger charge is 2.31. The van der Waals surface area contributed by atoms with Gasteiger partial charge in [-0.1, -0.05) is 69.3 Å². The summed E-state index contributed by atoms with van der Waals surface area (Å²) < 4.78 is 10.6. The van der Waals surface area contributed by atoms with E-state index in [1.807, 2.05) is 57.2 Å². The summed E-state index contributed by atoms with van der Waals surface area (Å²) in [5.41, 5.74) is 4.17. The lowest BCUT2D eigenvalue weighted by Crippen LogP contribution is -2.50. The number of rotatable bonds is 9. The number of alkyl carbamates (subject to hydrolysis) is 1. The average Bonchev–Trinajstić information content (AvgIpc) is 3.10. The highest BCUT2D eigenvalue weighted by molar-refractivity contribution is 5.87. The third-order valence-corrected chi connectivity index (χ3v) is 5.78. The number of carboxylic acid groups (broad SMARTS) is 1. The summed E-state index contributed by atoms with van der Waals surface area (Å²) in [5, 5.41) is 14.5. The summed E-state index contributed by atoms with van der Waals surface area (Å²) in [5.74, 6) is -1.81. The number of methoxy groups -OCH3 is 1. The summed E-state index contributed by atoms with van der Waals surface area (Å²) in [6.45, 7) is 5.67. The number of nitrogens with one attached hydrogen (secondary N) is 2. The average molecular weight is 469 g/mol. The number of ether oxygens (including phenoxy) is 2. The lowest BCUT2D eigenvalue weighted by Gasteiger charge is -2.25. The number of carboxylic acids is 1. The Labute approximate surface area is 199 Å². The van der Waals surface area contributed by atoms with Gasteiger partial charge >= 0.3 is 12.1 Å². The zero-order valence-electron chi connectivity index (χ0n) is 20.0. The Morgan fingerprint density at radius 2 is 1.56 bits per heavy atom. The molecule has 1 aliphatic carbocycles. The summed E-state index contributed by atoms with van der Waals surface area (Å²) in [7, 11) is 1.32. The van der Waals surface area contributed by atoms with Crippen molar-refractivity contribution >= 4 is 18.0 Å². The van der Waals surface area contributed by atoms with Crippen LogP contribution in [0.3, 0.4) is 0 Å². The van der Waals surface area contributed by atoms with Crippen LogP contribution in [0.15, 0.2) is 48.5 Å². The van der Waals surface area contributed by atoms with Gasteiger partial charge in [-0.25, -0.2) is 9.59 Å². The van der Waals surface area contributed by atoms with E-state index in [-0.39, 0.29) is 30.9 Å². The first kappa shape index (κ1) is 25.2. The largest absolute Gasteiger partial charge is 0.480 e. The lowest BCUT2D eigenvalue weighted by molar-refractivity contribution is -0.144. The molecule has 0 saturated heterocycles. The molecule has 0 radical (unpaired) electrons. The van der Waals surface area contributed by atoms with Gasteiger partial charge in [0.15, 0.2) is 6.10 Å². The van der Waals surface area contributed by atoms with Gasteiger partial charge in [-0.15, -0.1) is 0 Å². The molecule has 1 aliphatic rings. The number of amides is 2. The fourth-order valence-corrected chi connectivity index (χ4v) is 4.19. The Kier molecular flexibility index (Phi) is 7.94. The van der Waals surface area contributed by atoms with E-state index in [1.165, 1.54) is 7.11 Å². The number of hydrogen-bond donors (Lipinski definition) is 3. The van der Waals surface area contributed by atoms with Crippen molar-refractivity contribution in [2.75, 3.05) is 20.3 Å². The quantitative estimate of drug-likeness (QED) is 0.519. The molecule has 0 bridgehead atoms. The van der Waals surface area contributed by atoms with Crippen molar-refractivity contribution in [3.63, 3.8) is 0 Å². The van der Waals surface area contributed by atoms with Gasteiger partial charge < -0.3 is 25.2 Å². The molecular formula is C26H32N2O6. The van der Waals surface area contributed by atoms with E-state index in [1.54, 1.807) is 0 Å². The number of aliphatic carboxylic acids is 1. The molecule has 2 aromatic carbocycles. The highest BCUT2D eigenvalue weighted by atomic mass is 16.5. The van der Waals surface area contributed by atoms with E-state index in [0.717, 1.165) is 22.3 Å². The van der Waals surface area contributed by atoms with Crippen LogP contribution in [0, 0.1) is 5.41 Å². The first-order valence-electron chi connectivity index (χ1n) is 11.3. The molecule has 2 amide bonds. The summed E-state index contributed by atoms with van der Waals surface area (Å²) in [6, 6.07) is 15.0. The zero-order chi connectivity index (χ0) is 24.9. The standard InChI is InChI=1S/C26H32N2O6/c1-26(2,3)13-21(24(30)31)28-23(29)22(33-4)14-27-25(32)34-15-20-18-11-7-5-9-16(18)17-10-6-8-12-19(17)20/h5-12,20-22H,13-15H2,1-4H3,(H,27,32)(H,28,29)(H,30,31). The Bertz CT molecular complexity index is 1000. The molecule has 34 heavy (non-hydrogen) atoms. The fraction of sp³-hybridized carbons (Fsp3) is 0.423. The number of fused-ring (bicyclic) bond motifs is 3. The maximum atomic E-state index is 12.5. The molecule has 3 N–H and O–H groups in total. The maximum absolute atomic E-state index is 12.5. The molecular weight excluding hydrogens is 436 g/mol. The second-order valence-corrected chi connectivity index (χ2v) is 9.59. The third-order valence-electron chi connectivity index (χ3n) is 5.78. The summed E-state index contributed by atoms with van der Waals surface area (Å²) in [6.07, 6.45) is -1.48. The second-order valence-electron chi connectivity index (χ2n) is 9.59. The van der Waals surface area contributed by atoms with Crippen molar-refractivity contribution in [3.8, 4) is 11.1 Å². The lowest BCUT2D eigenvalue weighted by atomic mass is 9.88. The normalized spacial score (nSPS) is 14.5. The van der Waals surface area contributed by atoms with Gasteiger partial charge in [0, 0.05) is 13.0 Å². The number of benzene rings is 2. The van der Waals surface area contributed by atoms with Crippen LogP contribution >= 0.6 is 0 Å². The predicted molar refractivity (Wildman–Crippen MR) is 128 cm³/mol. The van der Waals surface area contributed by atoms with Crippen LogP contribution in [0.5, 0.6) is 0 Å². The van der Waals surface area contributed by atoms with Crippen molar-refractivity contribution in [2.45, 2.75) is 45.3 Å². The van der Waals surface area contributed by atoms with Crippen LogP contribution in [0.1, 0.15) is 44.2 Å². The monoisotopic (exact) mass is 468 g/mol. The fourth-order valence-electron chi connectivity index (χ4n) is 4.19. The van der Waals surface area contributed by atoms with Crippen LogP contribution in [0.4, 0.5) is 4.79 Å². The minimum atomic E-state index is -1.12. The van der Waals surface area contributed by atoms with Crippen LogP contribution in [-0.4, -0.2) is 55.5 Å². The van der Waals surface area contributed by atoms with Crippen molar-refractivity contribution in [1.29, 1.82) is 0 Å². The van der Waals surface area contributed by atoms with E-state index in [2.05, 4.69) is 22.8 Å². The minimum absolute atomic E-state index is 0.0756. The van der Waals surface area contributed by atoms with Crippen LogP contribution < -0.4 is 10.6 Å². The molecule has 0 heterocycles. The first-order chi connectivity index (χ1) is 16.1. The van der Waals surface area contributed by atoms with E-state index in [4.69, 9.17) is 9.47 Å². The smallest absolute Gasteiger partial charge is 0.407 e. The molecule has 2 atom stereocenters. The molecule has 0 aliphatic heterocycles. The molecule has 0 saturated carbocycles. The van der Waals surface area contributed by atoms with E-state index >= 15 is 0 Å². The molecule has 0 aromatic heterocycles. The van der Waals surface area contributed by atoms with E-state index < -0.39 is 30.1 Å². The zero-order valence-corrected chi connectivity index (χ0v) is 20.0. The number of carbonyl (C=O) groups excluding carboxylic acids is 2. The van der Waals surface area contributed by atoms with Gasteiger partial charge in [-0.3, -0.25) is 4.79 Å². The van der Waals surface area contributed by atoms with Crippen molar-refractivity contribution in [2.24, 2.45) is 5.41 Å². The Hall–Kier alpha value is -3.39. The summed E-state index contributed by atoms with van der Waals surface area (Å²) >= 11 is 0. The maximum Gasteiger partial charge on any atom is 0.407 e.